The summed E-state index contributed by atoms with van der Waals surface area (Å²) in [6.45, 7) is 5.28. The lowest BCUT2D eigenvalue weighted by Gasteiger charge is -2.36. The molecular formula is C19H21ClN2O2. The predicted octanol–water partition coefficient (Wildman–Crippen LogP) is 3.38. The van der Waals surface area contributed by atoms with Crippen molar-refractivity contribution < 1.29 is 9.53 Å². The molecule has 1 aliphatic rings. The molecule has 0 N–H and O–H groups in total. The van der Waals surface area contributed by atoms with E-state index in [1.54, 1.807) is 24.3 Å². The third-order valence-electron chi connectivity index (χ3n) is 4.18. The first kappa shape index (κ1) is 16.7. The number of nitrogens with zero attached hydrogens (tertiary/aromatic N) is 2. The first-order valence-corrected chi connectivity index (χ1v) is 8.47. The van der Waals surface area contributed by atoms with Gasteiger partial charge in [-0.1, -0.05) is 23.7 Å². The maximum absolute atomic E-state index is 12.3. The van der Waals surface area contributed by atoms with Gasteiger partial charge in [-0.05, 0) is 48.9 Å². The summed E-state index contributed by atoms with van der Waals surface area (Å²) in [5.41, 5.74) is 2.47. The van der Waals surface area contributed by atoms with E-state index in [1.807, 2.05) is 4.90 Å². The minimum Gasteiger partial charge on any atom is -0.484 e. The Morgan fingerprint density at radius 2 is 1.79 bits per heavy atom. The quantitative estimate of drug-likeness (QED) is 0.852. The van der Waals surface area contributed by atoms with Crippen molar-refractivity contribution in [2.45, 2.75) is 6.92 Å². The Labute approximate surface area is 147 Å². The third kappa shape index (κ3) is 4.20. The van der Waals surface area contributed by atoms with E-state index in [0.29, 0.717) is 10.8 Å². The lowest BCUT2D eigenvalue weighted by molar-refractivity contribution is -0.133. The zero-order valence-electron chi connectivity index (χ0n) is 13.7. The molecule has 0 atom stereocenters. The van der Waals surface area contributed by atoms with Crippen LogP contribution >= 0.6 is 11.6 Å². The molecule has 126 valence electrons. The van der Waals surface area contributed by atoms with Gasteiger partial charge in [-0.3, -0.25) is 4.79 Å². The number of hydrogen-bond donors (Lipinski definition) is 0. The SMILES string of the molecule is Cc1cccc(N2CCN(C(=O)COc3ccc(Cl)cc3)CC2)c1. The lowest BCUT2D eigenvalue weighted by atomic mass is 10.2. The number of aryl methyl sites for hydroxylation is 1. The number of ether oxygens (including phenoxy) is 1. The number of anilines is 1. The van der Waals surface area contributed by atoms with Crippen molar-refractivity contribution >= 4 is 23.2 Å². The predicted molar refractivity (Wildman–Crippen MR) is 96.9 cm³/mol. The number of benzene rings is 2. The first-order valence-electron chi connectivity index (χ1n) is 8.09. The Morgan fingerprint density at radius 3 is 2.46 bits per heavy atom. The summed E-state index contributed by atoms with van der Waals surface area (Å²) < 4.78 is 5.54. The van der Waals surface area contributed by atoms with Gasteiger partial charge in [-0.15, -0.1) is 0 Å². The Kier molecular flexibility index (Phi) is 5.26. The number of piperazine rings is 1. The van der Waals surface area contributed by atoms with E-state index in [9.17, 15) is 4.79 Å². The highest BCUT2D eigenvalue weighted by Crippen LogP contribution is 2.18. The van der Waals surface area contributed by atoms with Crippen molar-refractivity contribution in [2.24, 2.45) is 0 Å². The van der Waals surface area contributed by atoms with Gasteiger partial charge < -0.3 is 14.5 Å². The molecule has 4 nitrogen and oxygen atoms in total. The van der Waals surface area contributed by atoms with Crippen molar-refractivity contribution in [3.63, 3.8) is 0 Å². The molecular weight excluding hydrogens is 324 g/mol. The van der Waals surface area contributed by atoms with E-state index in [2.05, 4.69) is 36.1 Å². The van der Waals surface area contributed by atoms with Crippen LogP contribution in [0.4, 0.5) is 5.69 Å². The molecule has 0 radical (unpaired) electrons. The zero-order valence-corrected chi connectivity index (χ0v) is 14.5. The van der Waals surface area contributed by atoms with Crippen molar-refractivity contribution in [3.8, 4) is 5.75 Å². The number of hydrogen-bond acceptors (Lipinski definition) is 3. The second-order valence-corrected chi connectivity index (χ2v) is 6.39. The summed E-state index contributed by atoms with van der Waals surface area (Å²) >= 11 is 5.83. The van der Waals surface area contributed by atoms with Gasteiger partial charge in [0, 0.05) is 36.9 Å². The number of halogens is 1. The zero-order chi connectivity index (χ0) is 16.9. The molecule has 1 amide bonds. The van der Waals surface area contributed by atoms with Crippen LogP contribution in [0, 0.1) is 6.92 Å². The summed E-state index contributed by atoms with van der Waals surface area (Å²) in [6.07, 6.45) is 0. The van der Waals surface area contributed by atoms with E-state index in [0.717, 1.165) is 26.2 Å². The fourth-order valence-corrected chi connectivity index (χ4v) is 2.93. The number of carbonyl (C=O) groups is 1. The summed E-state index contributed by atoms with van der Waals surface area (Å²) in [4.78, 5) is 16.5. The standard InChI is InChI=1S/C19H21ClN2O2/c1-15-3-2-4-17(13-15)21-9-11-22(12-10-21)19(23)14-24-18-7-5-16(20)6-8-18/h2-8,13H,9-12,14H2,1H3. The highest BCUT2D eigenvalue weighted by Gasteiger charge is 2.21. The molecule has 0 spiro atoms. The lowest BCUT2D eigenvalue weighted by Crippen LogP contribution is -2.50. The van der Waals surface area contributed by atoms with Crippen LogP contribution in [0.3, 0.4) is 0 Å². The molecule has 2 aromatic rings. The van der Waals surface area contributed by atoms with Gasteiger partial charge in [0.15, 0.2) is 6.61 Å². The van der Waals surface area contributed by atoms with Crippen LogP contribution in [-0.2, 0) is 4.79 Å². The maximum atomic E-state index is 12.3. The molecule has 0 unspecified atom stereocenters. The Balaban J connectivity index is 1.49. The molecule has 3 rings (SSSR count). The number of amides is 1. The molecule has 2 aromatic carbocycles. The van der Waals surface area contributed by atoms with Crippen LogP contribution < -0.4 is 9.64 Å². The Morgan fingerprint density at radius 1 is 1.08 bits per heavy atom. The maximum Gasteiger partial charge on any atom is 0.260 e. The van der Waals surface area contributed by atoms with Gasteiger partial charge in [0.2, 0.25) is 0 Å². The van der Waals surface area contributed by atoms with Crippen LogP contribution in [0.15, 0.2) is 48.5 Å². The van der Waals surface area contributed by atoms with E-state index >= 15 is 0 Å². The van der Waals surface area contributed by atoms with Crippen LogP contribution in [0.2, 0.25) is 5.02 Å². The largest absolute Gasteiger partial charge is 0.484 e. The second-order valence-electron chi connectivity index (χ2n) is 5.95. The molecule has 24 heavy (non-hydrogen) atoms. The highest BCUT2D eigenvalue weighted by molar-refractivity contribution is 6.30. The minimum atomic E-state index is 0.0221. The Hall–Kier alpha value is -2.20. The fourth-order valence-electron chi connectivity index (χ4n) is 2.81. The van der Waals surface area contributed by atoms with Crippen LogP contribution in [0.1, 0.15) is 5.56 Å². The monoisotopic (exact) mass is 344 g/mol. The molecule has 1 aliphatic heterocycles. The fraction of sp³-hybridized carbons (Fsp3) is 0.316. The van der Waals surface area contributed by atoms with E-state index < -0.39 is 0 Å². The normalized spacial score (nSPS) is 14.6. The first-order chi connectivity index (χ1) is 11.6. The van der Waals surface area contributed by atoms with E-state index in [1.165, 1.54) is 11.3 Å². The van der Waals surface area contributed by atoms with Crippen molar-refractivity contribution in [1.82, 2.24) is 4.90 Å². The van der Waals surface area contributed by atoms with Crippen LogP contribution in [0.25, 0.3) is 0 Å². The van der Waals surface area contributed by atoms with Gasteiger partial charge in [-0.2, -0.15) is 0 Å². The topological polar surface area (TPSA) is 32.8 Å². The average molecular weight is 345 g/mol. The second kappa shape index (κ2) is 7.58. The van der Waals surface area contributed by atoms with Crippen LogP contribution in [-0.4, -0.2) is 43.6 Å². The van der Waals surface area contributed by atoms with Gasteiger partial charge in [0.05, 0.1) is 0 Å². The van der Waals surface area contributed by atoms with Gasteiger partial charge in [-0.25, -0.2) is 0 Å². The summed E-state index contributed by atoms with van der Waals surface area (Å²) in [5, 5.41) is 0.654. The third-order valence-corrected chi connectivity index (χ3v) is 4.43. The average Bonchev–Trinajstić information content (AvgIpc) is 2.61. The van der Waals surface area contributed by atoms with Gasteiger partial charge >= 0.3 is 0 Å². The number of carbonyl (C=O) groups excluding carboxylic acids is 1. The summed E-state index contributed by atoms with van der Waals surface area (Å²) in [5.74, 6) is 0.681. The van der Waals surface area contributed by atoms with Gasteiger partial charge in [0.25, 0.3) is 5.91 Å². The smallest absolute Gasteiger partial charge is 0.260 e. The van der Waals surface area contributed by atoms with Crippen molar-refractivity contribution in [1.29, 1.82) is 0 Å². The molecule has 0 saturated carbocycles. The molecule has 5 heteroatoms. The number of rotatable bonds is 4. The highest BCUT2D eigenvalue weighted by atomic mass is 35.5. The molecule has 1 heterocycles. The summed E-state index contributed by atoms with van der Waals surface area (Å²) in [6, 6.07) is 15.5. The molecule has 1 fully saturated rings. The summed E-state index contributed by atoms with van der Waals surface area (Å²) in [7, 11) is 0. The van der Waals surface area contributed by atoms with E-state index in [-0.39, 0.29) is 12.5 Å². The minimum absolute atomic E-state index is 0.0221. The Bertz CT molecular complexity index is 695. The van der Waals surface area contributed by atoms with E-state index in [4.69, 9.17) is 16.3 Å². The molecule has 0 aliphatic carbocycles. The molecule has 0 bridgehead atoms. The van der Waals surface area contributed by atoms with Crippen molar-refractivity contribution in [3.05, 3.63) is 59.1 Å². The molecule has 1 saturated heterocycles. The van der Waals surface area contributed by atoms with Crippen molar-refractivity contribution in [2.75, 3.05) is 37.7 Å². The van der Waals surface area contributed by atoms with Crippen LogP contribution in [0.5, 0.6) is 5.75 Å². The van der Waals surface area contributed by atoms with Gasteiger partial charge in [0.1, 0.15) is 5.75 Å². The molecule has 0 aromatic heterocycles.